The number of aliphatic carboxylic acids is 1. The fourth-order valence-electron chi connectivity index (χ4n) is 2.02. The van der Waals surface area contributed by atoms with Crippen molar-refractivity contribution in [2.45, 2.75) is 39.7 Å². The van der Waals surface area contributed by atoms with Crippen LogP contribution in [0.3, 0.4) is 0 Å². The number of rotatable bonds is 10. The summed E-state index contributed by atoms with van der Waals surface area (Å²) in [5.41, 5.74) is 0. The standard InChI is InChI=1S/C17H25NO5/c1-4-22-13-8-5-6-9-14(13)23-11-7-10-15(19)18-16(12(2)3)17(20)21/h5-6,8-9,12,16H,4,7,10-11H2,1-3H3,(H,18,19)(H,20,21)/t16-/m1/s1. The van der Waals surface area contributed by atoms with Crippen LogP contribution in [0.2, 0.25) is 0 Å². The van der Waals surface area contributed by atoms with Gasteiger partial charge in [-0.05, 0) is 31.4 Å². The van der Waals surface area contributed by atoms with E-state index in [2.05, 4.69) is 5.32 Å². The fourth-order valence-corrected chi connectivity index (χ4v) is 2.02. The Labute approximate surface area is 136 Å². The zero-order valence-corrected chi connectivity index (χ0v) is 13.9. The number of hydrogen-bond acceptors (Lipinski definition) is 4. The minimum atomic E-state index is -1.02. The molecule has 1 aromatic carbocycles. The van der Waals surface area contributed by atoms with Crippen LogP contribution in [0.25, 0.3) is 0 Å². The Bertz CT molecular complexity index is 515. The quantitative estimate of drug-likeness (QED) is 0.646. The predicted octanol–water partition coefficient (Wildman–Crippen LogP) is 2.47. The second-order valence-corrected chi connectivity index (χ2v) is 5.46. The molecule has 1 rings (SSSR count). The van der Waals surface area contributed by atoms with Crippen LogP contribution in [0.15, 0.2) is 24.3 Å². The molecule has 0 saturated heterocycles. The molecule has 0 unspecified atom stereocenters. The molecule has 1 atom stereocenters. The van der Waals surface area contributed by atoms with Gasteiger partial charge in [0.15, 0.2) is 11.5 Å². The summed E-state index contributed by atoms with van der Waals surface area (Å²) in [6, 6.07) is 6.49. The van der Waals surface area contributed by atoms with E-state index in [9.17, 15) is 9.59 Å². The average Bonchev–Trinajstić information content (AvgIpc) is 2.50. The Kier molecular flexibility index (Phi) is 7.94. The highest BCUT2D eigenvalue weighted by molar-refractivity contribution is 5.83. The maximum atomic E-state index is 11.8. The highest BCUT2D eigenvalue weighted by Gasteiger charge is 2.22. The van der Waals surface area contributed by atoms with Crippen LogP contribution in [-0.2, 0) is 9.59 Å². The molecule has 0 fully saturated rings. The molecule has 1 amide bonds. The van der Waals surface area contributed by atoms with E-state index in [1.165, 1.54) is 0 Å². The zero-order chi connectivity index (χ0) is 17.2. The lowest BCUT2D eigenvalue weighted by Crippen LogP contribution is -2.44. The van der Waals surface area contributed by atoms with Crippen molar-refractivity contribution < 1.29 is 24.2 Å². The first kappa shape index (κ1) is 18.8. The predicted molar refractivity (Wildman–Crippen MR) is 86.7 cm³/mol. The van der Waals surface area contributed by atoms with Crippen molar-refractivity contribution >= 4 is 11.9 Å². The number of carbonyl (C=O) groups excluding carboxylic acids is 1. The maximum absolute atomic E-state index is 11.8. The first-order chi connectivity index (χ1) is 11.0. The first-order valence-electron chi connectivity index (χ1n) is 7.82. The summed E-state index contributed by atoms with van der Waals surface area (Å²) < 4.78 is 11.1. The van der Waals surface area contributed by atoms with Crippen molar-refractivity contribution in [1.29, 1.82) is 0 Å². The molecule has 6 heteroatoms. The van der Waals surface area contributed by atoms with E-state index < -0.39 is 12.0 Å². The molecule has 128 valence electrons. The number of nitrogens with one attached hydrogen (secondary N) is 1. The summed E-state index contributed by atoms with van der Waals surface area (Å²) in [6.07, 6.45) is 0.712. The number of para-hydroxylation sites is 2. The number of amides is 1. The third-order valence-electron chi connectivity index (χ3n) is 3.20. The second kappa shape index (κ2) is 9.71. The van der Waals surface area contributed by atoms with Gasteiger partial charge in [0.1, 0.15) is 6.04 Å². The molecule has 2 N–H and O–H groups in total. The van der Waals surface area contributed by atoms with Crippen molar-refractivity contribution in [2.24, 2.45) is 5.92 Å². The van der Waals surface area contributed by atoms with Gasteiger partial charge in [-0.25, -0.2) is 4.79 Å². The van der Waals surface area contributed by atoms with Gasteiger partial charge in [0, 0.05) is 6.42 Å². The number of benzene rings is 1. The van der Waals surface area contributed by atoms with Crippen LogP contribution >= 0.6 is 0 Å². The molecule has 0 spiro atoms. The first-order valence-corrected chi connectivity index (χ1v) is 7.82. The van der Waals surface area contributed by atoms with Gasteiger partial charge in [-0.3, -0.25) is 4.79 Å². The van der Waals surface area contributed by atoms with Crippen LogP contribution < -0.4 is 14.8 Å². The van der Waals surface area contributed by atoms with E-state index in [0.29, 0.717) is 31.1 Å². The van der Waals surface area contributed by atoms with Gasteiger partial charge in [-0.2, -0.15) is 0 Å². The van der Waals surface area contributed by atoms with Crippen LogP contribution in [0.1, 0.15) is 33.6 Å². The second-order valence-electron chi connectivity index (χ2n) is 5.46. The van der Waals surface area contributed by atoms with Crippen molar-refractivity contribution in [3.8, 4) is 11.5 Å². The highest BCUT2D eigenvalue weighted by atomic mass is 16.5. The van der Waals surface area contributed by atoms with Crippen molar-refractivity contribution in [2.75, 3.05) is 13.2 Å². The van der Waals surface area contributed by atoms with Gasteiger partial charge in [0.25, 0.3) is 0 Å². The summed E-state index contributed by atoms with van der Waals surface area (Å²) in [5.74, 6) is -0.153. The van der Waals surface area contributed by atoms with Gasteiger partial charge in [0.05, 0.1) is 13.2 Å². The smallest absolute Gasteiger partial charge is 0.326 e. The molecule has 0 aromatic heterocycles. The molecular weight excluding hydrogens is 298 g/mol. The SMILES string of the molecule is CCOc1ccccc1OCCCC(=O)N[C@@H](C(=O)O)C(C)C. The minimum Gasteiger partial charge on any atom is -0.490 e. The molecule has 0 aliphatic rings. The van der Waals surface area contributed by atoms with Gasteiger partial charge in [-0.15, -0.1) is 0 Å². The molecule has 0 aliphatic carbocycles. The van der Waals surface area contributed by atoms with Crippen molar-refractivity contribution in [1.82, 2.24) is 5.32 Å². The number of carboxylic acids is 1. The Balaban J connectivity index is 2.37. The molecule has 23 heavy (non-hydrogen) atoms. The lowest BCUT2D eigenvalue weighted by Gasteiger charge is -2.18. The Morgan fingerprint density at radius 1 is 1.17 bits per heavy atom. The van der Waals surface area contributed by atoms with Crippen LogP contribution in [0, 0.1) is 5.92 Å². The number of ether oxygens (including phenoxy) is 2. The largest absolute Gasteiger partial charge is 0.490 e. The van der Waals surface area contributed by atoms with Gasteiger partial charge in [0.2, 0.25) is 5.91 Å². The molecule has 0 bridgehead atoms. The Morgan fingerprint density at radius 2 is 1.78 bits per heavy atom. The number of carboxylic acid groups (broad SMARTS) is 1. The van der Waals surface area contributed by atoms with E-state index in [1.807, 2.05) is 31.2 Å². The molecular formula is C17H25NO5. The summed E-state index contributed by atoms with van der Waals surface area (Å²) in [7, 11) is 0. The van der Waals surface area contributed by atoms with Gasteiger partial charge >= 0.3 is 5.97 Å². The number of hydrogen-bond donors (Lipinski definition) is 2. The van der Waals surface area contributed by atoms with Crippen LogP contribution in [0.5, 0.6) is 11.5 Å². The Hall–Kier alpha value is -2.24. The van der Waals surface area contributed by atoms with Crippen LogP contribution in [-0.4, -0.2) is 36.2 Å². The lowest BCUT2D eigenvalue weighted by molar-refractivity contribution is -0.143. The molecule has 0 heterocycles. The third kappa shape index (κ3) is 6.59. The van der Waals surface area contributed by atoms with E-state index in [1.54, 1.807) is 13.8 Å². The lowest BCUT2D eigenvalue weighted by atomic mass is 10.0. The van der Waals surface area contributed by atoms with E-state index in [4.69, 9.17) is 14.6 Å². The normalized spacial score (nSPS) is 11.8. The Morgan fingerprint density at radius 3 is 2.30 bits per heavy atom. The van der Waals surface area contributed by atoms with Crippen molar-refractivity contribution in [3.63, 3.8) is 0 Å². The zero-order valence-electron chi connectivity index (χ0n) is 13.9. The summed E-state index contributed by atoms with van der Waals surface area (Å²) in [6.45, 7) is 6.32. The van der Waals surface area contributed by atoms with Gasteiger partial charge in [-0.1, -0.05) is 26.0 Å². The maximum Gasteiger partial charge on any atom is 0.326 e. The van der Waals surface area contributed by atoms with E-state index in [-0.39, 0.29) is 18.2 Å². The summed E-state index contributed by atoms with van der Waals surface area (Å²) >= 11 is 0. The average molecular weight is 323 g/mol. The minimum absolute atomic E-state index is 0.161. The third-order valence-corrected chi connectivity index (χ3v) is 3.20. The summed E-state index contributed by atoms with van der Waals surface area (Å²) in [4.78, 5) is 22.8. The topological polar surface area (TPSA) is 84.9 Å². The molecule has 6 nitrogen and oxygen atoms in total. The molecule has 1 aromatic rings. The molecule has 0 aliphatic heterocycles. The van der Waals surface area contributed by atoms with E-state index >= 15 is 0 Å². The van der Waals surface area contributed by atoms with Crippen molar-refractivity contribution in [3.05, 3.63) is 24.3 Å². The van der Waals surface area contributed by atoms with Gasteiger partial charge < -0.3 is 19.9 Å². The van der Waals surface area contributed by atoms with Crippen LogP contribution in [0.4, 0.5) is 0 Å². The molecule has 0 saturated carbocycles. The molecule has 0 radical (unpaired) electrons. The van der Waals surface area contributed by atoms with E-state index in [0.717, 1.165) is 0 Å². The number of carbonyl (C=O) groups is 2. The fraction of sp³-hybridized carbons (Fsp3) is 0.529. The highest BCUT2D eigenvalue weighted by Crippen LogP contribution is 2.26. The summed E-state index contributed by atoms with van der Waals surface area (Å²) in [5, 5.41) is 11.6. The monoisotopic (exact) mass is 323 g/mol.